The summed E-state index contributed by atoms with van der Waals surface area (Å²) in [6.07, 6.45) is 2.85. The molecule has 1 N–H and O–H groups in total. The van der Waals surface area contributed by atoms with Crippen LogP contribution >= 0.6 is 0 Å². The number of nitrogens with one attached hydrogen (secondary N) is 1. The number of nitrogens with zero attached hydrogens (tertiary/aromatic N) is 3. The minimum absolute atomic E-state index is 0.715. The molecule has 0 spiro atoms. The van der Waals surface area contributed by atoms with E-state index in [1.165, 1.54) is 11.3 Å². The van der Waals surface area contributed by atoms with Crippen LogP contribution in [0.2, 0.25) is 0 Å². The average molecular weight is 254 g/mol. The Balaban J connectivity index is 1.69. The first-order chi connectivity index (χ1) is 9.31. The molecule has 1 aliphatic rings. The summed E-state index contributed by atoms with van der Waals surface area (Å²) < 4.78 is 0. The number of rotatable bonds is 3. The van der Waals surface area contributed by atoms with Gasteiger partial charge >= 0.3 is 0 Å². The molecule has 4 heteroatoms. The maximum atomic E-state index is 4.70. The summed E-state index contributed by atoms with van der Waals surface area (Å²) in [6.45, 7) is 2.80. The zero-order chi connectivity index (χ0) is 13.1. The molecule has 0 radical (unpaired) electrons. The van der Waals surface area contributed by atoms with Crippen LogP contribution in [0.15, 0.2) is 36.5 Å². The van der Waals surface area contributed by atoms with Gasteiger partial charge in [-0.15, -0.1) is 0 Å². The van der Waals surface area contributed by atoms with Crippen molar-refractivity contribution in [2.45, 2.75) is 19.5 Å². The molecule has 1 aliphatic heterocycles. The third kappa shape index (κ3) is 2.90. The molecule has 4 nitrogen and oxygen atoms in total. The van der Waals surface area contributed by atoms with Gasteiger partial charge in [0.25, 0.3) is 0 Å². The lowest BCUT2D eigenvalue weighted by Crippen LogP contribution is -2.27. The molecule has 0 aromatic carbocycles. The van der Waals surface area contributed by atoms with Crippen molar-refractivity contribution in [2.24, 2.45) is 0 Å². The SMILES string of the molecule is CN1CCc2nc(NCc3ccccn3)ccc2C1. The van der Waals surface area contributed by atoms with Crippen LogP contribution < -0.4 is 5.32 Å². The van der Waals surface area contributed by atoms with E-state index in [0.717, 1.165) is 31.0 Å². The number of fused-ring (bicyclic) bond motifs is 1. The Labute approximate surface area is 113 Å². The second-order valence-electron chi connectivity index (χ2n) is 4.96. The molecule has 0 saturated carbocycles. The first kappa shape index (κ1) is 12.1. The highest BCUT2D eigenvalue weighted by atomic mass is 15.1. The lowest BCUT2D eigenvalue weighted by molar-refractivity contribution is 0.310. The van der Waals surface area contributed by atoms with Gasteiger partial charge in [0, 0.05) is 31.4 Å². The molecule has 0 amide bonds. The van der Waals surface area contributed by atoms with E-state index < -0.39 is 0 Å². The van der Waals surface area contributed by atoms with Gasteiger partial charge in [0.2, 0.25) is 0 Å². The average Bonchev–Trinajstić information content (AvgIpc) is 2.46. The quantitative estimate of drug-likeness (QED) is 0.910. The number of likely N-dealkylation sites (N-methyl/N-ethyl adjacent to an activating group) is 1. The van der Waals surface area contributed by atoms with Crippen molar-refractivity contribution in [1.29, 1.82) is 0 Å². The summed E-state index contributed by atoms with van der Waals surface area (Å²) in [4.78, 5) is 11.3. The van der Waals surface area contributed by atoms with Gasteiger partial charge in [0.1, 0.15) is 5.82 Å². The summed E-state index contributed by atoms with van der Waals surface area (Å²) in [6, 6.07) is 10.2. The lowest BCUT2D eigenvalue weighted by Gasteiger charge is -2.24. The molecule has 0 fully saturated rings. The minimum Gasteiger partial charge on any atom is -0.364 e. The van der Waals surface area contributed by atoms with Crippen molar-refractivity contribution in [3.63, 3.8) is 0 Å². The van der Waals surface area contributed by atoms with Crippen molar-refractivity contribution in [3.8, 4) is 0 Å². The van der Waals surface area contributed by atoms with Gasteiger partial charge in [0.05, 0.1) is 12.2 Å². The molecule has 0 atom stereocenters. The fraction of sp³-hybridized carbons (Fsp3) is 0.333. The zero-order valence-electron chi connectivity index (χ0n) is 11.1. The van der Waals surface area contributed by atoms with Crippen LogP contribution in [0.25, 0.3) is 0 Å². The monoisotopic (exact) mass is 254 g/mol. The number of hydrogen-bond donors (Lipinski definition) is 1. The Morgan fingerprint density at radius 2 is 2.21 bits per heavy atom. The maximum absolute atomic E-state index is 4.70. The Morgan fingerprint density at radius 1 is 1.26 bits per heavy atom. The summed E-state index contributed by atoms with van der Waals surface area (Å²) in [5.74, 6) is 0.939. The van der Waals surface area contributed by atoms with E-state index in [0.29, 0.717) is 6.54 Å². The molecule has 3 heterocycles. The predicted molar refractivity (Wildman–Crippen MR) is 75.8 cm³/mol. The Hall–Kier alpha value is -1.94. The molecule has 2 aromatic rings. The second kappa shape index (κ2) is 5.36. The molecule has 2 aromatic heterocycles. The van der Waals surface area contributed by atoms with Gasteiger partial charge in [-0.25, -0.2) is 4.98 Å². The van der Waals surface area contributed by atoms with Gasteiger partial charge in [-0.1, -0.05) is 12.1 Å². The fourth-order valence-electron chi connectivity index (χ4n) is 2.34. The third-order valence-corrected chi connectivity index (χ3v) is 3.42. The number of anilines is 1. The van der Waals surface area contributed by atoms with Gasteiger partial charge in [-0.05, 0) is 30.8 Å². The molecule has 98 valence electrons. The molecule has 0 aliphatic carbocycles. The number of hydrogen-bond acceptors (Lipinski definition) is 4. The summed E-state index contributed by atoms with van der Waals surface area (Å²) in [5.41, 5.74) is 3.60. The third-order valence-electron chi connectivity index (χ3n) is 3.42. The van der Waals surface area contributed by atoms with Crippen LogP contribution in [0.1, 0.15) is 17.0 Å². The zero-order valence-corrected chi connectivity index (χ0v) is 11.1. The van der Waals surface area contributed by atoms with Gasteiger partial charge in [0.15, 0.2) is 0 Å². The second-order valence-corrected chi connectivity index (χ2v) is 4.96. The normalized spacial score (nSPS) is 15.0. The molecule has 0 saturated heterocycles. The highest BCUT2D eigenvalue weighted by molar-refractivity contribution is 5.40. The van der Waals surface area contributed by atoms with E-state index in [4.69, 9.17) is 4.98 Å². The lowest BCUT2D eigenvalue weighted by atomic mass is 10.1. The first-order valence-corrected chi connectivity index (χ1v) is 6.62. The Kier molecular flexibility index (Phi) is 3.42. The van der Waals surface area contributed by atoms with Crippen LogP contribution in [0.3, 0.4) is 0 Å². The molecule has 19 heavy (non-hydrogen) atoms. The maximum Gasteiger partial charge on any atom is 0.126 e. The molecular weight excluding hydrogens is 236 g/mol. The predicted octanol–water partition coefficient (Wildman–Crippen LogP) is 2.08. The van der Waals surface area contributed by atoms with Crippen molar-refractivity contribution in [1.82, 2.24) is 14.9 Å². The van der Waals surface area contributed by atoms with E-state index in [9.17, 15) is 0 Å². The van der Waals surface area contributed by atoms with Crippen LogP contribution in [-0.2, 0) is 19.5 Å². The van der Waals surface area contributed by atoms with Crippen molar-refractivity contribution >= 4 is 5.82 Å². The van der Waals surface area contributed by atoms with Gasteiger partial charge in [-0.2, -0.15) is 0 Å². The van der Waals surface area contributed by atoms with E-state index in [2.05, 4.69) is 34.4 Å². The standard InChI is InChI=1S/C15H18N4/c1-19-9-7-14-12(11-19)5-6-15(18-14)17-10-13-4-2-3-8-16-13/h2-6,8H,7,9-11H2,1H3,(H,17,18). The summed E-state index contributed by atoms with van der Waals surface area (Å²) in [5, 5.41) is 3.34. The minimum atomic E-state index is 0.715. The molecular formula is C15H18N4. The van der Waals surface area contributed by atoms with Crippen LogP contribution in [0.4, 0.5) is 5.82 Å². The molecule has 3 rings (SSSR count). The van der Waals surface area contributed by atoms with Crippen LogP contribution in [0.5, 0.6) is 0 Å². The van der Waals surface area contributed by atoms with E-state index in [-0.39, 0.29) is 0 Å². The van der Waals surface area contributed by atoms with Gasteiger partial charge < -0.3 is 10.2 Å². The smallest absolute Gasteiger partial charge is 0.126 e. The largest absolute Gasteiger partial charge is 0.364 e. The summed E-state index contributed by atoms with van der Waals surface area (Å²) >= 11 is 0. The van der Waals surface area contributed by atoms with E-state index >= 15 is 0 Å². The Morgan fingerprint density at radius 3 is 3.05 bits per heavy atom. The number of pyridine rings is 2. The van der Waals surface area contributed by atoms with Gasteiger partial charge in [-0.3, -0.25) is 4.98 Å². The van der Waals surface area contributed by atoms with Crippen molar-refractivity contribution in [2.75, 3.05) is 18.9 Å². The molecule has 0 bridgehead atoms. The van der Waals surface area contributed by atoms with Crippen molar-refractivity contribution < 1.29 is 0 Å². The topological polar surface area (TPSA) is 41.1 Å². The fourth-order valence-corrected chi connectivity index (χ4v) is 2.34. The summed E-state index contributed by atoms with van der Waals surface area (Å²) in [7, 11) is 2.15. The van der Waals surface area contributed by atoms with Crippen LogP contribution in [-0.4, -0.2) is 28.5 Å². The highest BCUT2D eigenvalue weighted by Crippen LogP contribution is 2.18. The number of aromatic nitrogens is 2. The molecule has 0 unspecified atom stereocenters. The van der Waals surface area contributed by atoms with Crippen LogP contribution in [0, 0.1) is 0 Å². The Bertz CT molecular complexity index is 553. The van der Waals surface area contributed by atoms with E-state index in [1.54, 1.807) is 0 Å². The van der Waals surface area contributed by atoms with E-state index in [1.807, 2.05) is 24.4 Å². The first-order valence-electron chi connectivity index (χ1n) is 6.62. The van der Waals surface area contributed by atoms with Crippen molar-refractivity contribution in [3.05, 3.63) is 53.5 Å². The highest BCUT2D eigenvalue weighted by Gasteiger charge is 2.14.